The third-order valence-electron chi connectivity index (χ3n) is 3.61. The highest BCUT2D eigenvalue weighted by atomic mass is 32.2. The maximum absolute atomic E-state index is 6.41. The molecule has 1 aromatic rings. The van der Waals surface area contributed by atoms with Gasteiger partial charge >= 0.3 is 0 Å². The quantitative estimate of drug-likeness (QED) is 0.895. The topological polar surface area (TPSA) is 44.5 Å². The molecule has 0 spiro atoms. The lowest BCUT2D eigenvalue weighted by Crippen LogP contribution is -2.21. The summed E-state index contributed by atoms with van der Waals surface area (Å²) in [5.41, 5.74) is 10.1. The molecule has 1 aliphatic heterocycles. The maximum atomic E-state index is 6.41. The molecule has 0 amide bonds. The van der Waals surface area contributed by atoms with E-state index < -0.39 is 0 Å². The Kier molecular flexibility index (Phi) is 4.07. The maximum Gasteiger partial charge on any atom is 0.165 e. The molecule has 0 aromatic heterocycles. The van der Waals surface area contributed by atoms with Gasteiger partial charge in [-0.15, -0.1) is 0 Å². The van der Waals surface area contributed by atoms with E-state index in [0.29, 0.717) is 5.92 Å². The lowest BCUT2D eigenvalue weighted by atomic mass is 9.90. The summed E-state index contributed by atoms with van der Waals surface area (Å²) in [4.78, 5) is 0. The van der Waals surface area contributed by atoms with Crippen molar-refractivity contribution in [2.75, 3.05) is 20.0 Å². The molecular formula is C14H21NO2S. The van der Waals surface area contributed by atoms with E-state index in [-0.39, 0.29) is 6.04 Å². The van der Waals surface area contributed by atoms with Crippen LogP contribution in [0.4, 0.5) is 0 Å². The molecule has 0 bridgehead atoms. The van der Waals surface area contributed by atoms with Gasteiger partial charge in [-0.3, -0.25) is 0 Å². The van der Waals surface area contributed by atoms with Crippen LogP contribution in [0.2, 0.25) is 0 Å². The van der Waals surface area contributed by atoms with E-state index in [2.05, 4.69) is 13.8 Å². The first-order valence-corrected chi connectivity index (χ1v) is 7.33. The molecule has 0 aliphatic carbocycles. The van der Waals surface area contributed by atoms with E-state index in [1.54, 1.807) is 14.2 Å². The molecule has 100 valence electrons. The Morgan fingerprint density at radius 1 is 1.33 bits per heavy atom. The smallest absolute Gasteiger partial charge is 0.165 e. The summed E-state index contributed by atoms with van der Waals surface area (Å²) in [5, 5.41) is 0. The number of fused-ring (bicyclic) bond motifs is 1. The predicted octanol–water partition coefficient (Wildman–Crippen LogP) is 2.89. The molecule has 1 aliphatic rings. The van der Waals surface area contributed by atoms with Crippen LogP contribution < -0.4 is 15.2 Å². The van der Waals surface area contributed by atoms with Gasteiger partial charge in [-0.25, -0.2) is 0 Å². The normalized spacial score (nSPS) is 23.2. The minimum Gasteiger partial charge on any atom is -0.493 e. The second kappa shape index (κ2) is 5.41. The van der Waals surface area contributed by atoms with Crippen LogP contribution >= 0.6 is 11.8 Å². The summed E-state index contributed by atoms with van der Waals surface area (Å²) in [7, 11) is 3.35. The molecule has 1 heterocycles. The Labute approximate surface area is 113 Å². The van der Waals surface area contributed by atoms with Crippen molar-refractivity contribution in [3.8, 4) is 11.5 Å². The highest BCUT2D eigenvalue weighted by molar-refractivity contribution is 7.98. The van der Waals surface area contributed by atoms with Crippen LogP contribution in [-0.4, -0.2) is 20.0 Å². The highest BCUT2D eigenvalue weighted by Gasteiger charge is 2.28. The highest BCUT2D eigenvalue weighted by Crippen LogP contribution is 2.44. The van der Waals surface area contributed by atoms with Gasteiger partial charge in [0.05, 0.1) is 14.2 Å². The first-order valence-electron chi connectivity index (χ1n) is 6.17. The Morgan fingerprint density at radius 2 is 2.06 bits per heavy atom. The molecule has 18 heavy (non-hydrogen) atoms. The average molecular weight is 267 g/mol. The van der Waals surface area contributed by atoms with Gasteiger partial charge < -0.3 is 15.2 Å². The molecule has 0 saturated heterocycles. The van der Waals surface area contributed by atoms with Gasteiger partial charge in [0.2, 0.25) is 0 Å². The standard InChI is InChI=1S/C14H21NO2S/c1-8-5-11(16-3)14(17-4)12-10(8)7-18-6-9(2)13(12)15/h5,9,13H,6-7,15H2,1-4H3. The molecule has 3 nitrogen and oxygen atoms in total. The summed E-state index contributed by atoms with van der Waals surface area (Å²) in [5.74, 6) is 4.11. The van der Waals surface area contributed by atoms with Crippen molar-refractivity contribution in [1.29, 1.82) is 0 Å². The average Bonchev–Trinajstić information content (AvgIpc) is 2.51. The molecule has 2 unspecified atom stereocenters. The Bertz CT molecular complexity index is 448. The van der Waals surface area contributed by atoms with E-state index >= 15 is 0 Å². The predicted molar refractivity (Wildman–Crippen MR) is 76.5 cm³/mol. The minimum atomic E-state index is 0.0127. The van der Waals surface area contributed by atoms with Crippen molar-refractivity contribution >= 4 is 11.8 Å². The summed E-state index contributed by atoms with van der Waals surface area (Å²) < 4.78 is 11.0. The molecular weight excluding hydrogens is 246 g/mol. The lowest BCUT2D eigenvalue weighted by molar-refractivity contribution is 0.345. The van der Waals surface area contributed by atoms with Crippen LogP contribution in [-0.2, 0) is 5.75 Å². The van der Waals surface area contributed by atoms with Crippen molar-refractivity contribution in [2.24, 2.45) is 11.7 Å². The van der Waals surface area contributed by atoms with E-state index in [9.17, 15) is 0 Å². The monoisotopic (exact) mass is 267 g/mol. The fourth-order valence-electron chi connectivity index (χ4n) is 2.47. The van der Waals surface area contributed by atoms with Gasteiger partial charge in [-0.1, -0.05) is 6.92 Å². The molecule has 2 N–H and O–H groups in total. The molecule has 1 aromatic carbocycles. The molecule has 0 radical (unpaired) electrons. The van der Waals surface area contributed by atoms with Crippen LogP contribution in [0, 0.1) is 12.8 Å². The van der Waals surface area contributed by atoms with Crippen molar-refractivity contribution in [1.82, 2.24) is 0 Å². The van der Waals surface area contributed by atoms with Crippen molar-refractivity contribution < 1.29 is 9.47 Å². The molecule has 2 atom stereocenters. The molecule has 0 saturated carbocycles. The second-order valence-electron chi connectivity index (χ2n) is 4.84. The Hall–Kier alpha value is -0.870. The van der Waals surface area contributed by atoms with Gasteiger partial charge in [0.15, 0.2) is 11.5 Å². The minimum absolute atomic E-state index is 0.0127. The number of thioether (sulfide) groups is 1. The Balaban J connectivity index is 2.66. The molecule has 2 rings (SSSR count). The number of rotatable bonds is 2. The zero-order chi connectivity index (χ0) is 13.3. The van der Waals surface area contributed by atoms with Crippen LogP contribution in [0.3, 0.4) is 0 Å². The first-order chi connectivity index (χ1) is 8.60. The number of ether oxygens (including phenoxy) is 2. The number of nitrogens with two attached hydrogens (primary N) is 1. The largest absolute Gasteiger partial charge is 0.493 e. The van der Waals surface area contributed by atoms with Crippen LogP contribution in [0.25, 0.3) is 0 Å². The third-order valence-corrected chi connectivity index (χ3v) is 4.87. The van der Waals surface area contributed by atoms with E-state index in [4.69, 9.17) is 15.2 Å². The van der Waals surface area contributed by atoms with Crippen LogP contribution in [0.5, 0.6) is 11.5 Å². The second-order valence-corrected chi connectivity index (χ2v) is 5.87. The fourth-order valence-corrected chi connectivity index (χ4v) is 3.76. The van der Waals surface area contributed by atoms with Crippen molar-refractivity contribution in [3.63, 3.8) is 0 Å². The van der Waals surface area contributed by atoms with Gasteiger partial charge in [0.1, 0.15) is 0 Å². The zero-order valence-electron chi connectivity index (χ0n) is 11.4. The first kappa shape index (κ1) is 13.6. The van der Waals surface area contributed by atoms with Crippen LogP contribution in [0.15, 0.2) is 6.07 Å². The fraction of sp³-hybridized carbons (Fsp3) is 0.571. The summed E-state index contributed by atoms with van der Waals surface area (Å²) in [6.45, 7) is 4.31. The number of methoxy groups -OCH3 is 2. The third kappa shape index (κ3) is 2.19. The summed E-state index contributed by atoms with van der Waals surface area (Å²) in [6.07, 6.45) is 0. The number of aryl methyl sites for hydroxylation is 1. The van der Waals surface area contributed by atoms with Gasteiger partial charge in [0.25, 0.3) is 0 Å². The van der Waals surface area contributed by atoms with E-state index in [1.165, 1.54) is 11.1 Å². The zero-order valence-corrected chi connectivity index (χ0v) is 12.3. The van der Waals surface area contributed by atoms with Gasteiger partial charge in [-0.2, -0.15) is 11.8 Å². The van der Waals surface area contributed by atoms with Gasteiger partial charge in [-0.05, 0) is 35.8 Å². The molecule has 0 fully saturated rings. The summed E-state index contributed by atoms with van der Waals surface area (Å²) >= 11 is 1.94. The van der Waals surface area contributed by atoms with Crippen molar-refractivity contribution in [2.45, 2.75) is 25.6 Å². The number of hydrogen-bond acceptors (Lipinski definition) is 4. The molecule has 4 heteroatoms. The SMILES string of the molecule is COc1cc(C)c2c(c1OC)C(N)C(C)CSC2. The summed E-state index contributed by atoms with van der Waals surface area (Å²) in [6, 6.07) is 2.06. The number of benzene rings is 1. The van der Waals surface area contributed by atoms with E-state index in [0.717, 1.165) is 28.6 Å². The number of hydrogen-bond donors (Lipinski definition) is 1. The van der Waals surface area contributed by atoms with E-state index in [1.807, 2.05) is 17.8 Å². The van der Waals surface area contributed by atoms with Crippen molar-refractivity contribution in [3.05, 3.63) is 22.8 Å². The lowest BCUT2D eigenvalue weighted by Gasteiger charge is -2.23. The van der Waals surface area contributed by atoms with Gasteiger partial charge in [0, 0.05) is 17.4 Å². The van der Waals surface area contributed by atoms with Crippen LogP contribution in [0.1, 0.15) is 29.7 Å². The Morgan fingerprint density at radius 3 is 2.67 bits per heavy atom.